The third kappa shape index (κ3) is 3.48. The van der Waals surface area contributed by atoms with E-state index < -0.39 is 0 Å². The topological polar surface area (TPSA) is 75.6 Å². The molecule has 2 heterocycles. The van der Waals surface area contributed by atoms with Crippen LogP contribution in [0, 0.1) is 6.92 Å². The van der Waals surface area contributed by atoms with E-state index in [1.54, 1.807) is 16.9 Å². The summed E-state index contributed by atoms with van der Waals surface area (Å²) in [6.07, 6.45) is 4.19. The number of amides is 1. The average molecular weight is 309 g/mol. The van der Waals surface area contributed by atoms with Crippen LogP contribution in [0.5, 0.6) is 0 Å². The van der Waals surface area contributed by atoms with E-state index in [1.807, 2.05) is 50.4 Å². The number of benzene rings is 1. The number of hydrogen-bond donors (Lipinski definition) is 2. The summed E-state index contributed by atoms with van der Waals surface area (Å²) < 4.78 is 1.69. The highest BCUT2D eigenvalue weighted by molar-refractivity contribution is 5.97. The molecular formula is C17H19N5O. The van der Waals surface area contributed by atoms with E-state index in [9.17, 15) is 4.79 Å². The zero-order chi connectivity index (χ0) is 16.2. The Morgan fingerprint density at radius 2 is 2.17 bits per heavy atom. The Hall–Kier alpha value is -2.89. The van der Waals surface area contributed by atoms with Crippen molar-refractivity contribution in [3.63, 3.8) is 0 Å². The highest BCUT2D eigenvalue weighted by atomic mass is 16.1. The molecule has 1 amide bonds. The molecule has 3 rings (SSSR count). The Balaban J connectivity index is 1.73. The summed E-state index contributed by atoms with van der Waals surface area (Å²) in [7, 11) is 0. The molecule has 0 aliphatic heterocycles. The molecule has 118 valence electrons. The van der Waals surface area contributed by atoms with Crippen molar-refractivity contribution in [2.24, 2.45) is 0 Å². The highest BCUT2D eigenvalue weighted by Gasteiger charge is 2.15. The van der Waals surface area contributed by atoms with E-state index in [-0.39, 0.29) is 11.9 Å². The van der Waals surface area contributed by atoms with E-state index in [0.29, 0.717) is 12.0 Å². The number of H-pyrrole nitrogens is 1. The first-order chi connectivity index (χ1) is 11.1. The molecule has 0 fully saturated rings. The zero-order valence-corrected chi connectivity index (χ0v) is 13.2. The maximum atomic E-state index is 12.6. The Morgan fingerprint density at radius 3 is 2.87 bits per heavy atom. The third-order valence-electron chi connectivity index (χ3n) is 3.55. The van der Waals surface area contributed by atoms with Gasteiger partial charge in [0.1, 0.15) is 0 Å². The lowest BCUT2D eigenvalue weighted by Crippen LogP contribution is -2.34. The van der Waals surface area contributed by atoms with Crippen molar-refractivity contribution in [3.05, 3.63) is 65.7 Å². The summed E-state index contributed by atoms with van der Waals surface area (Å²) in [5, 5.41) is 14.3. The van der Waals surface area contributed by atoms with Crippen LogP contribution in [0.4, 0.5) is 0 Å². The number of rotatable bonds is 5. The van der Waals surface area contributed by atoms with Crippen molar-refractivity contribution in [3.8, 4) is 5.69 Å². The molecule has 0 bridgehead atoms. The molecule has 2 aromatic heterocycles. The second-order valence-corrected chi connectivity index (χ2v) is 5.59. The minimum Gasteiger partial charge on any atom is -0.349 e. The van der Waals surface area contributed by atoms with E-state index in [0.717, 1.165) is 17.1 Å². The lowest BCUT2D eigenvalue weighted by atomic mass is 10.1. The molecule has 0 saturated carbocycles. The minimum absolute atomic E-state index is 0.0177. The van der Waals surface area contributed by atoms with Gasteiger partial charge in [-0.25, -0.2) is 4.68 Å². The van der Waals surface area contributed by atoms with Crippen LogP contribution in [0.2, 0.25) is 0 Å². The van der Waals surface area contributed by atoms with Crippen LogP contribution in [-0.4, -0.2) is 31.9 Å². The molecule has 2 N–H and O–H groups in total. The largest absolute Gasteiger partial charge is 0.349 e. The van der Waals surface area contributed by atoms with Crippen molar-refractivity contribution in [2.45, 2.75) is 26.3 Å². The molecule has 23 heavy (non-hydrogen) atoms. The molecule has 0 aliphatic rings. The van der Waals surface area contributed by atoms with Gasteiger partial charge in [0.25, 0.3) is 5.91 Å². The lowest BCUT2D eigenvalue weighted by molar-refractivity contribution is 0.0940. The first kappa shape index (κ1) is 15.0. The molecule has 0 radical (unpaired) electrons. The molecule has 0 aliphatic carbocycles. The fourth-order valence-electron chi connectivity index (χ4n) is 2.52. The predicted molar refractivity (Wildman–Crippen MR) is 87.5 cm³/mol. The van der Waals surface area contributed by atoms with Crippen molar-refractivity contribution in [2.75, 3.05) is 0 Å². The normalized spacial score (nSPS) is 12.1. The monoisotopic (exact) mass is 309 g/mol. The quantitative estimate of drug-likeness (QED) is 0.759. The van der Waals surface area contributed by atoms with E-state index in [4.69, 9.17) is 0 Å². The summed E-state index contributed by atoms with van der Waals surface area (Å²) in [6.45, 7) is 3.93. The van der Waals surface area contributed by atoms with Gasteiger partial charge in [-0.2, -0.15) is 10.2 Å². The van der Waals surface area contributed by atoms with Crippen LogP contribution >= 0.6 is 0 Å². The van der Waals surface area contributed by atoms with Gasteiger partial charge in [0.15, 0.2) is 0 Å². The average Bonchev–Trinajstić information content (AvgIpc) is 3.19. The van der Waals surface area contributed by atoms with Gasteiger partial charge in [-0.1, -0.05) is 12.1 Å². The predicted octanol–water partition coefficient (Wildman–Crippen LogP) is 2.26. The summed E-state index contributed by atoms with van der Waals surface area (Å²) in [4.78, 5) is 12.6. The third-order valence-corrected chi connectivity index (χ3v) is 3.55. The Kier molecular flexibility index (Phi) is 4.23. The zero-order valence-electron chi connectivity index (χ0n) is 13.2. The number of aryl methyl sites for hydroxylation is 1. The number of aromatic amines is 1. The lowest BCUT2D eigenvalue weighted by Gasteiger charge is -2.14. The van der Waals surface area contributed by atoms with E-state index in [2.05, 4.69) is 20.6 Å². The fourth-order valence-corrected chi connectivity index (χ4v) is 2.52. The smallest absolute Gasteiger partial charge is 0.253 e. The maximum absolute atomic E-state index is 12.6. The summed E-state index contributed by atoms with van der Waals surface area (Å²) in [5.41, 5.74) is 3.32. The van der Waals surface area contributed by atoms with Crippen LogP contribution in [0.3, 0.4) is 0 Å². The molecule has 3 aromatic rings. The Bertz CT molecular complexity index is 791. The Labute approximate surface area is 134 Å². The molecule has 1 atom stereocenters. The van der Waals surface area contributed by atoms with Crippen LogP contribution in [0.15, 0.2) is 48.8 Å². The molecule has 1 aromatic carbocycles. The standard InChI is InChI=1S/C17H19N5O/c1-12(10-14-11-13(2)20-21-14)19-17(23)15-6-3-4-7-16(15)22-9-5-8-18-22/h3-9,11-12H,10H2,1-2H3,(H,19,23)(H,20,21)/t12-/m1/s1. The van der Waals surface area contributed by atoms with Gasteiger partial charge in [0, 0.05) is 30.6 Å². The molecule has 6 nitrogen and oxygen atoms in total. The number of hydrogen-bond acceptors (Lipinski definition) is 3. The van der Waals surface area contributed by atoms with Gasteiger partial charge in [0.2, 0.25) is 0 Å². The van der Waals surface area contributed by atoms with Gasteiger partial charge in [0.05, 0.1) is 16.9 Å². The number of carbonyl (C=O) groups excluding carboxylic acids is 1. The van der Waals surface area contributed by atoms with Gasteiger partial charge in [-0.3, -0.25) is 9.89 Å². The Morgan fingerprint density at radius 1 is 1.35 bits per heavy atom. The van der Waals surface area contributed by atoms with Crippen molar-refractivity contribution < 1.29 is 4.79 Å². The van der Waals surface area contributed by atoms with Crippen molar-refractivity contribution in [1.29, 1.82) is 0 Å². The van der Waals surface area contributed by atoms with Gasteiger partial charge in [-0.05, 0) is 38.1 Å². The van der Waals surface area contributed by atoms with Crippen LogP contribution in [0.1, 0.15) is 28.7 Å². The summed E-state index contributed by atoms with van der Waals surface area (Å²) in [6, 6.07) is 11.2. The van der Waals surface area contributed by atoms with Crippen molar-refractivity contribution >= 4 is 5.91 Å². The van der Waals surface area contributed by atoms with Crippen LogP contribution in [-0.2, 0) is 6.42 Å². The number of para-hydroxylation sites is 1. The van der Waals surface area contributed by atoms with Crippen molar-refractivity contribution in [1.82, 2.24) is 25.3 Å². The first-order valence-corrected chi connectivity index (χ1v) is 7.54. The molecule has 0 spiro atoms. The number of nitrogens with one attached hydrogen (secondary N) is 2. The molecule has 0 unspecified atom stereocenters. The SMILES string of the molecule is Cc1cc(C[C@@H](C)NC(=O)c2ccccc2-n2cccn2)n[nH]1. The van der Waals surface area contributed by atoms with E-state index in [1.165, 1.54) is 0 Å². The molecular weight excluding hydrogens is 290 g/mol. The summed E-state index contributed by atoms with van der Waals surface area (Å²) in [5.74, 6) is -0.115. The molecule has 6 heteroatoms. The number of carbonyl (C=O) groups is 1. The number of nitrogens with zero attached hydrogens (tertiary/aromatic N) is 3. The maximum Gasteiger partial charge on any atom is 0.253 e. The van der Waals surface area contributed by atoms with Gasteiger partial charge in [-0.15, -0.1) is 0 Å². The minimum atomic E-state index is -0.115. The van der Waals surface area contributed by atoms with Gasteiger partial charge < -0.3 is 5.32 Å². The summed E-state index contributed by atoms with van der Waals surface area (Å²) >= 11 is 0. The second-order valence-electron chi connectivity index (χ2n) is 5.59. The highest BCUT2D eigenvalue weighted by Crippen LogP contribution is 2.14. The molecule has 0 saturated heterocycles. The number of aromatic nitrogens is 4. The van der Waals surface area contributed by atoms with E-state index >= 15 is 0 Å². The van der Waals surface area contributed by atoms with Crippen LogP contribution < -0.4 is 5.32 Å². The fraction of sp³-hybridized carbons (Fsp3) is 0.235. The van der Waals surface area contributed by atoms with Gasteiger partial charge >= 0.3 is 0 Å². The van der Waals surface area contributed by atoms with Crippen LogP contribution in [0.25, 0.3) is 5.69 Å². The first-order valence-electron chi connectivity index (χ1n) is 7.54. The second kappa shape index (κ2) is 6.48.